The van der Waals surface area contributed by atoms with Gasteiger partial charge in [0.2, 0.25) is 0 Å². The highest BCUT2D eigenvalue weighted by Crippen LogP contribution is 2.22. The van der Waals surface area contributed by atoms with E-state index in [0.29, 0.717) is 11.5 Å². The van der Waals surface area contributed by atoms with Gasteiger partial charge in [0.1, 0.15) is 5.82 Å². The molecule has 0 fully saturated rings. The Balaban J connectivity index is 2.33. The van der Waals surface area contributed by atoms with Gasteiger partial charge >= 0.3 is 0 Å². The van der Waals surface area contributed by atoms with Crippen molar-refractivity contribution >= 4 is 11.6 Å². The topological polar surface area (TPSA) is 68.2 Å². The van der Waals surface area contributed by atoms with Gasteiger partial charge in [0, 0.05) is 19.2 Å². The first kappa shape index (κ1) is 11.4. The monoisotopic (exact) mass is 236 g/mol. The number of benzene rings is 1. The maximum Gasteiger partial charge on any atom is 0.266 e. The summed E-state index contributed by atoms with van der Waals surface area (Å²) in [6.07, 6.45) is 0. The first-order chi connectivity index (χ1) is 8.11. The Bertz CT molecular complexity index is 526. The van der Waals surface area contributed by atoms with Gasteiger partial charge in [-0.15, -0.1) is 0 Å². The normalized spacial score (nSPS) is 10.5. The fourth-order valence-corrected chi connectivity index (χ4v) is 1.29. The Morgan fingerprint density at radius 3 is 2.88 bits per heavy atom. The third kappa shape index (κ3) is 2.20. The highest BCUT2D eigenvalue weighted by Gasteiger charge is 2.12. The third-order valence-corrected chi connectivity index (χ3v) is 2.48. The van der Waals surface area contributed by atoms with E-state index in [2.05, 4.69) is 10.1 Å². The van der Waals surface area contributed by atoms with E-state index in [1.165, 1.54) is 12.1 Å². The zero-order valence-electron chi connectivity index (χ0n) is 9.64. The lowest BCUT2D eigenvalue weighted by atomic mass is 10.2. The second-order valence-corrected chi connectivity index (χ2v) is 3.65. The lowest BCUT2D eigenvalue weighted by Gasteiger charge is -2.08. The van der Waals surface area contributed by atoms with Crippen molar-refractivity contribution in [3.05, 3.63) is 24.0 Å². The number of hydrogen-bond donors (Lipinski definition) is 1. The number of anilines is 2. The molecule has 2 aromatic rings. The predicted molar refractivity (Wildman–Crippen MR) is 63.0 cm³/mol. The molecular formula is C11H13FN4O. The van der Waals surface area contributed by atoms with Gasteiger partial charge in [0.05, 0.1) is 5.69 Å². The molecule has 6 heteroatoms. The maximum absolute atomic E-state index is 13.3. The molecule has 0 aliphatic carbocycles. The van der Waals surface area contributed by atoms with Crippen LogP contribution in [0.3, 0.4) is 0 Å². The molecule has 0 atom stereocenters. The largest absolute Gasteiger partial charge is 0.396 e. The second-order valence-electron chi connectivity index (χ2n) is 3.65. The second kappa shape index (κ2) is 4.40. The van der Waals surface area contributed by atoms with Gasteiger partial charge in [0.15, 0.2) is 0 Å². The fraction of sp³-hybridized carbons (Fsp3) is 0.273. The Hall–Kier alpha value is -2.11. The average molecular weight is 236 g/mol. The number of aromatic nitrogens is 2. The molecule has 0 amide bonds. The molecule has 0 aliphatic heterocycles. The van der Waals surface area contributed by atoms with Crippen LogP contribution in [0.25, 0.3) is 11.5 Å². The van der Waals surface area contributed by atoms with Gasteiger partial charge in [0.25, 0.3) is 11.8 Å². The molecule has 5 nitrogen and oxygen atoms in total. The Morgan fingerprint density at radius 1 is 1.47 bits per heavy atom. The minimum Gasteiger partial charge on any atom is -0.396 e. The first-order valence-corrected chi connectivity index (χ1v) is 5.22. The van der Waals surface area contributed by atoms with E-state index in [0.717, 1.165) is 6.54 Å². The highest BCUT2D eigenvalue weighted by atomic mass is 19.1. The van der Waals surface area contributed by atoms with E-state index >= 15 is 0 Å². The molecule has 0 saturated heterocycles. The van der Waals surface area contributed by atoms with Gasteiger partial charge in [-0.2, -0.15) is 4.98 Å². The van der Waals surface area contributed by atoms with E-state index in [9.17, 15) is 4.39 Å². The summed E-state index contributed by atoms with van der Waals surface area (Å²) in [5, 5.41) is 3.80. The van der Waals surface area contributed by atoms with Crippen molar-refractivity contribution in [3.63, 3.8) is 0 Å². The van der Waals surface area contributed by atoms with Crippen molar-refractivity contribution in [2.24, 2.45) is 0 Å². The molecule has 0 unspecified atom stereocenters. The zero-order chi connectivity index (χ0) is 12.4. The van der Waals surface area contributed by atoms with Crippen molar-refractivity contribution in [3.8, 4) is 11.5 Å². The van der Waals surface area contributed by atoms with Crippen LogP contribution >= 0.6 is 0 Å². The van der Waals surface area contributed by atoms with Crippen LogP contribution in [0.15, 0.2) is 22.7 Å². The van der Waals surface area contributed by atoms with Gasteiger partial charge in [-0.05, 0) is 30.3 Å². The molecule has 0 spiro atoms. The average Bonchev–Trinajstić information content (AvgIpc) is 2.81. The molecule has 0 radical (unpaired) electrons. The molecule has 1 heterocycles. The summed E-state index contributed by atoms with van der Waals surface area (Å²) in [4.78, 5) is 5.98. The van der Waals surface area contributed by atoms with Crippen molar-refractivity contribution in [2.45, 2.75) is 6.92 Å². The standard InChI is InChI=1S/C11H13FN4O/c1-3-16(2)11-14-10(17-15-11)7-4-5-9(13)8(12)6-7/h4-6H,3,13H2,1-2H3. The summed E-state index contributed by atoms with van der Waals surface area (Å²) >= 11 is 0. The number of nitrogens with zero attached hydrogens (tertiary/aromatic N) is 3. The smallest absolute Gasteiger partial charge is 0.266 e. The zero-order valence-corrected chi connectivity index (χ0v) is 9.64. The summed E-state index contributed by atoms with van der Waals surface area (Å²) in [6, 6.07) is 4.39. The third-order valence-electron chi connectivity index (χ3n) is 2.48. The van der Waals surface area contributed by atoms with Crippen molar-refractivity contribution < 1.29 is 8.91 Å². The van der Waals surface area contributed by atoms with Crippen molar-refractivity contribution in [2.75, 3.05) is 24.2 Å². The molecule has 2 N–H and O–H groups in total. The molecule has 1 aromatic heterocycles. The van der Waals surface area contributed by atoms with E-state index in [1.54, 1.807) is 6.07 Å². The van der Waals surface area contributed by atoms with E-state index in [1.807, 2.05) is 18.9 Å². The molecule has 0 aliphatic rings. The lowest BCUT2D eigenvalue weighted by molar-refractivity contribution is 0.430. The first-order valence-electron chi connectivity index (χ1n) is 5.22. The van der Waals surface area contributed by atoms with Gasteiger partial charge in [-0.3, -0.25) is 0 Å². The van der Waals surface area contributed by atoms with Gasteiger partial charge in [-0.1, -0.05) is 0 Å². The van der Waals surface area contributed by atoms with E-state index in [-0.39, 0.29) is 11.6 Å². The van der Waals surface area contributed by atoms with Crippen LogP contribution in [-0.2, 0) is 0 Å². The van der Waals surface area contributed by atoms with Crippen LogP contribution in [0, 0.1) is 5.82 Å². The van der Waals surface area contributed by atoms with Crippen LogP contribution < -0.4 is 10.6 Å². The quantitative estimate of drug-likeness (QED) is 0.824. The summed E-state index contributed by atoms with van der Waals surface area (Å²) < 4.78 is 18.3. The minimum absolute atomic E-state index is 0.0964. The molecule has 0 saturated carbocycles. The molecule has 0 bridgehead atoms. The number of rotatable bonds is 3. The number of hydrogen-bond acceptors (Lipinski definition) is 5. The number of halogens is 1. The number of nitrogens with two attached hydrogens (primary N) is 1. The minimum atomic E-state index is -0.494. The van der Waals surface area contributed by atoms with Crippen molar-refractivity contribution in [1.82, 2.24) is 10.1 Å². The van der Waals surface area contributed by atoms with Crippen LogP contribution in [0.2, 0.25) is 0 Å². The highest BCUT2D eigenvalue weighted by molar-refractivity contribution is 5.58. The van der Waals surface area contributed by atoms with E-state index < -0.39 is 5.82 Å². The number of nitrogen functional groups attached to an aromatic ring is 1. The van der Waals surface area contributed by atoms with Crippen molar-refractivity contribution in [1.29, 1.82) is 0 Å². The lowest BCUT2D eigenvalue weighted by Crippen LogP contribution is -2.16. The Kier molecular flexibility index (Phi) is 2.95. The molecular weight excluding hydrogens is 223 g/mol. The molecule has 1 aromatic carbocycles. The fourth-order valence-electron chi connectivity index (χ4n) is 1.29. The molecule has 17 heavy (non-hydrogen) atoms. The predicted octanol–water partition coefficient (Wildman–Crippen LogP) is 1.91. The SMILES string of the molecule is CCN(C)c1noc(-c2ccc(N)c(F)c2)n1. The Labute approximate surface area is 98.0 Å². The van der Waals surface area contributed by atoms with Crippen LogP contribution in [-0.4, -0.2) is 23.7 Å². The maximum atomic E-state index is 13.3. The summed E-state index contributed by atoms with van der Waals surface area (Å²) in [5.41, 5.74) is 6.00. The van der Waals surface area contributed by atoms with Gasteiger partial charge in [-0.25, -0.2) is 4.39 Å². The van der Waals surface area contributed by atoms with E-state index in [4.69, 9.17) is 10.3 Å². The summed E-state index contributed by atoms with van der Waals surface area (Å²) in [5.74, 6) is 0.255. The van der Waals surface area contributed by atoms with Crippen LogP contribution in [0.4, 0.5) is 16.0 Å². The van der Waals surface area contributed by atoms with Crippen LogP contribution in [0.5, 0.6) is 0 Å². The summed E-state index contributed by atoms with van der Waals surface area (Å²) in [6.45, 7) is 2.73. The Morgan fingerprint density at radius 2 is 2.24 bits per heavy atom. The van der Waals surface area contributed by atoms with Gasteiger partial charge < -0.3 is 15.2 Å². The summed E-state index contributed by atoms with van der Waals surface area (Å²) in [7, 11) is 1.85. The molecule has 90 valence electrons. The van der Waals surface area contributed by atoms with Crippen LogP contribution in [0.1, 0.15) is 6.92 Å². The molecule has 2 rings (SSSR count).